The molecule has 98 valence electrons. The van der Waals surface area contributed by atoms with Crippen molar-refractivity contribution in [2.24, 2.45) is 0 Å². The van der Waals surface area contributed by atoms with Gasteiger partial charge in [-0.1, -0.05) is 0 Å². The third kappa shape index (κ3) is 2.98. The van der Waals surface area contributed by atoms with E-state index in [0.717, 1.165) is 5.82 Å². The number of anilines is 2. The quantitative estimate of drug-likeness (QED) is 0.863. The molecule has 0 aliphatic rings. The summed E-state index contributed by atoms with van der Waals surface area (Å²) in [4.78, 5) is 31.8. The molecule has 0 fully saturated rings. The summed E-state index contributed by atoms with van der Waals surface area (Å²) in [6.45, 7) is 0. The number of hydrogen-bond acceptors (Lipinski definition) is 4. The number of carbonyl (C=O) groups is 1. The summed E-state index contributed by atoms with van der Waals surface area (Å²) >= 11 is 0. The zero-order valence-electron chi connectivity index (χ0n) is 10.7. The highest BCUT2D eigenvalue weighted by Crippen LogP contribution is 2.12. The van der Waals surface area contributed by atoms with Crippen molar-refractivity contribution in [3.05, 3.63) is 52.6 Å². The minimum absolute atomic E-state index is 0.0687. The number of H-pyrrole nitrogens is 1. The number of carbonyl (C=O) groups excluding carboxylic acids is 1. The van der Waals surface area contributed by atoms with Gasteiger partial charge in [0.15, 0.2) is 0 Å². The van der Waals surface area contributed by atoms with Crippen LogP contribution in [0.4, 0.5) is 11.5 Å². The summed E-state index contributed by atoms with van der Waals surface area (Å²) < 4.78 is 0. The monoisotopic (exact) mass is 258 g/mol. The van der Waals surface area contributed by atoms with Crippen LogP contribution in [0.5, 0.6) is 0 Å². The highest BCUT2D eigenvalue weighted by molar-refractivity contribution is 6.03. The number of aromatic amines is 1. The Hall–Kier alpha value is -2.63. The van der Waals surface area contributed by atoms with Crippen molar-refractivity contribution in [3.63, 3.8) is 0 Å². The van der Waals surface area contributed by atoms with Crippen LogP contribution in [0.25, 0.3) is 0 Å². The number of nitrogens with one attached hydrogen (secondary N) is 2. The van der Waals surface area contributed by atoms with E-state index in [2.05, 4.69) is 15.3 Å². The van der Waals surface area contributed by atoms with Crippen molar-refractivity contribution in [1.29, 1.82) is 0 Å². The minimum atomic E-state index is -0.457. The number of aromatic nitrogens is 2. The smallest absolute Gasteiger partial charge is 0.261 e. The fourth-order valence-corrected chi connectivity index (χ4v) is 1.52. The van der Waals surface area contributed by atoms with E-state index >= 15 is 0 Å². The Morgan fingerprint density at radius 3 is 2.68 bits per heavy atom. The first-order chi connectivity index (χ1) is 9.08. The van der Waals surface area contributed by atoms with Gasteiger partial charge in [-0.05, 0) is 24.3 Å². The molecular formula is C13H14N4O2. The fraction of sp³-hybridized carbons (Fsp3) is 0.154. The van der Waals surface area contributed by atoms with Gasteiger partial charge >= 0.3 is 0 Å². The first-order valence-corrected chi connectivity index (χ1v) is 5.70. The summed E-state index contributed by atoms with van der Waals surface area (Å²) in [5, 5.41) is 2.63. The molecule has 1 amide bonds. The summed E-state index contributed by atoms with van der Waals surface area (Å²) in [5.41, 5.74) is 0.191. The molecular weight excluding hydrogens is 244 g/mol. The van der Waals surface area contributed by atoms with E-state index < -0.39 is 11.5 Å². The summed E-state index contributed by atoms with van der Waals surface area (Å²) in [7, 11) is 3.76. The molecule has 6 nitrogen and oxygen atoms in total. The average Bonchev–Trinajstić information content (AvgIpc) is 2.39. The van der Waals surface area contributed by atoms with Gasteiger partial charge < -0.3 is 15.2 Å². The number of amides is 1. The molecule has 0 radical (unpaired) electrons. The number of hydrogen-bond donors (Lipinski definition) is 2. The number of rotatable bonds is 3. The Morgan fingerprint density at radius 2 is 2.11 bits per heavy atom. The van der Waals surface area contributed by atoms with Gasteiger partial charge in [-0.3, -0.25) is 9.59 Å². The number of pyridine rings is 2. The summed E-state index contributed by atoms with van der Waals surface area (Å²) in [6.07, 6.45) is 3.02. The molecule has 0 aliphatic heterocycles. The summed E-state index contributed by atoms with van der Waals surface area (Å²) in [5.74, 6) is 0.330. The Balaban J connectivity index is 2.15. The van der Waals surface area contributed by atoms with Crippen molar-refractivity contribution < 1.29 is 4.79 Å². The lowest BCUT2D eigenvalue weighted by Gasteiger charge is -2.11. The highest BCUT2D eigenvalue weighted by Gasteiger charge is 2.10. The van der Waals surface area contributed by atoms with Crippen molar-refractivity contribution in [3.8, 4) is 0 Å². The second-order valence-corrected chi connectivity index (χ2v) is 4.17. The Labute approximate surface area is 110 Å². The lowest BCUT2D eigenvalue weighted by Crippen LogP contribution is -2.22. The molecule has 0 bridgehead atoms. The van der Waals surface area contributed by atoms with Gasteiger partial charge in [-0.25, -0.2) is 4.98 Å². The standard InChI is InChI=1S/C13H14N4O2/c1-17(2)11-6-5-9(8-15-11)16-13(19)10-4-3-7-14-12(10)18/h3-8H,1-2H3,(H,14,18)(H,16,19). The SMILES string of the molecule is CN(C)c1ccc(NC(=O)c2ccc[nH]c2=O)cn1. The fourth-order valence-electron chi connectivity index (χ4n) is 1.52. The Kier molecular flexibility index (Phi) is 3.61. The van der Waals surface area contributed by atoms with Gasteiger partial charge in [0.25, 0.3) is 11.5 Å². The van der Waals surface area contributed by atoms with E-state index in [4.69, 9.17) is 0 Å². The first kappa shape index (κ1) is 12.8. The molecule has 19 heavy (non-hydrogen) atoms. The molecule has 0 atom stereocenters. The maximum atomic E-state index is 11.9. The Morgan fingerprint density at radius 1 is 1.32 bits per heavy atom. The van der Waals surface area contributed by atoms with Crippen molar-refractivity contribution in [2.45, 2.75) is 0 Å². The molecule has 0 unspecified atom stereocenters. The van der Waals surface area contributed by atoms with Gasteiger partial charge in [-0.15, -0.1) is 0 Å². The van der Waals surface area contributed by atoms with Crippen LogP contribution in [0.3, 0.4) is 0 Å². The van der Waals surface area contributed by atoms with Crippen LogP contribution >= 0.6 is 0 Å². The van der Waals surface area contributed by atoms with Gasteiger partial charge in [-0.2, -0.15) is 0 Å². The molecule has 6 heteroatoms. The first-order valence-electron chi connectivity index (χ1n) is 5.70. The second kappa shape index (κ2) is 5.34. The average molecular weight is 258 g/mol. The molecule has 2 aromatic heterocycles. The predicted octanol–water partition coefficient (Wildman–Crippen LogP) is 1.09. The topological polar surface area (TPSA) is 78.1 Å². The lowest BCUT2D eigenvalue weighted by molar-refractivity contribution is 0.102. The van der Waals surface area contributed by atoms with Crippen LogP contribution in [-0.2, 0) is 0 Å². The van der Waals surface area contributed by atoms with Crippen molar-refractivity contribution >= 4 is 17.4 Å². The molecule has 2 aromatic rings. The van der Waals surface area contributed by atoms with Gasteiger partial charge in [0, 0.05) is 20.3 Å². The highest BCUT2D eigenvalue weighted by atomic mass is 16.2. The largest absolute Gasteiger partial charge is 0.363 e. The van der Waals surface area contributed by atoms with Crippen LogP contribution < -0.4 is 15.8 Å². The van der Waals surface area contributed by atoms with Crippen LogP contribution in [0.1, 0.15) is 10.4 Å². The van der Waals surface area contributed by atoms with E-state index in [9.17, 15) is 9.59 Å². The molecule has 2 rings (SSSR count). The van der Waals surface area contributed by atoms with Crippen molar-refractivity contribution in [2.75, 3.05) is 24.3 Å². The maximum absolute atomic E-state index is 11.9. The predicted molar refractivity (Wildman–Crippen MR) is 73.6 cm³/mol. The van der Waals surface area contributed by atoms with Gasteiger partial charge in [0.2, 0.25) is 0 Å². The van der Waals surface area contributed by atoms with Crippen LogP contribution in [0.15, 0.2) is 41.5 Å². The van der Waals surface area contributed by atoms with Crippen LogP contribution in [0, 0.1) is 0 Å². The zero-order chi connectivity index (χ0) is 13.8. The molecule has 0 aliphatic carbocycles. The lowest BCUT2D eigenvalue weighted by atomic mass is 10.2. The Bertz CT molecular complexity index is 632. The maximum Gasteiger partial charge on any atom is 0.261 e. The summed E-state index contributed by atoms with van der Waals surface area (Å²) in [6, 6.07) is 6.59. The molecule has 0 spiro atoms. The molecule has 0 saturated carbocycles. The molecule has 0 saturated heterocycles. The van der Waals surface area contributed by atoms with E-state index in [1.165, 1.54) is 12.3 Å². The van der Waals surface area contributed by atoms with Gasteiger partial charge in [0.05, 0.1) is 11.9 Å². The molecule has 0 aromatic carbocycles. The van der Waals surface area contributed by atoms with Crippen LogP contribution in [0.2, 0.25) is 0 Å². The third-order valence-corrected chi connectivity index (χ3v) is 2.53. The van der Waals surface area contributed by atoms with E-state index in [0.29, 0.717) is 5.69 Å². The number of nitrogens with zero attached hydrogens (tertiary/aromatic N) is 2. The van der Waals surface area contributed by atoms with E-state index in [1.807, 2.05) is 19.0 Å². The zero-order valence-corrected chi connectivity index (χ0v) is 10.7. The van der Waals surface area contributed by atoms with E-state index in [-0.39, 0.29) is 5.56 Å². The second-order valence-electron chi connectivity index (χ2n) is 4.17. The normalized spacial score (nSPS) is 10.0. The molecule has 2 N–H and O–H groups in total. The minimum Gasteiger partial charge on any atom is -0.363 e. The van der Waals surface area contributed by atoms with Crippen molar-refractivity contribution in [1.82, 2.24) is 9.97 Å². The van der Waals surface area contributed by atoms with E-state index in [1.54, 1.807) is 24.4 Å². The molecule has 2 heterocycles. The third-order valence-electron chi connectivity index (χ3n) is 2.53. The van der Waals surface area contributed by atoms with Gasteiger partial charge in [0.1, 0.15) is 11.4 Å². The van der Waals surface area contributed by atoms with Crippen LogP contribution in [-0.4, -0.2) is 30.0 Å².